The van der Waals surface area contributed by atoms with Gasteiger partial charge < -0.3 is 14.4 Å². The van der Waals surface area contributed by atoms with Crippen LogP contribution < -0.4 is 4.74 Å². The zero-order valence-corrected chi connectivity index (χ0v) is 10.1. The Balaban J connectivity index is 2.13. The molecule has 1 N–H and O–H groups in total. The molecule has 2 aromatic rings. The summed E-state index contributed by atoms with van der Waals surface area (Å²) in [4.78, 5) is 0. The van der Waals surface area contributed by atoms with Crippen molar-refractivity contribution in [2.45, 2.75) is 20.1 Å². The Kier molecular flexibility index (Phi) is 3.66. The highest BCUT2D eigenvalue weighted by atomic mass is 35.5. The van der Waals surface area contributed by atoms with Gasteiger partial charge in [0.05, 0.1) is 17.3 Å². The standard InChI is InChI=1S/C12H12ClNO3/c1-8-5-10(17-14-8)7-16-12-9(6-15)3-2-4-11(12)13/h2-5,15H,6-7H2,1H3. The van der Waals surface area contributed by atoms with Gasteiger partial charge >= 0.3 is 0 Å². The zero-order valence-electron chi connectivity index (χ0n) is 9.31. The predicted octanol–water partition coefficient (Wildman–Crippen LogP) is 2.71. The van der Waals surface area contributed by atoms with Gasteiger partial charge in [-0.1, -0.05) is 28.9 Å². The van der Waals surface area contributed by atoms with Gasteiger partial charge in [0.25, 0.3) is 0 Å². The van der Waals surface area contributed by atoms with E-state index in [1.54, 1.807) is 24.3 Å². The van der Waals surface area contributed by atoms with Gasteiger partial charge in [0.1, 0.15) is 12.4 Å². The molecule has 0 saturated carbocycles. The number of para-hydroxylation sites is 1. The average molecular weight is 254 g/mol. The number of rotatable bonds is 4. The topological polar surface area (TPSA) is 55.5 Å². The van der Waals surface area contributed by atoms with Gasteiger partial charge in [0.15, 0.2) is 5.76 Å². The maximum absolute atomic E-state index is 9.17. The van der Waals surface area contributed by atoms with Crippen molar-refractivity contribution in [2.24, 2.45) is 0 Å². The fourth-order valence-electron chi connectivity index (χ4n) is 1.47. The molecular formula is C12H12ClNO3. The van der Waals surface area contributed by atoms with Crippen LogP contribution in [0.4, 0.5) is 0 Å². The number of hydrogen-bond donors (Lipinski definition) is 1. The van der Waals surface area contributed by atoms with E-state index in [2.05, 4.69) is 5.16 Å². The fraction of sp³-hybridized carbons (Fsp3) is 0.250. The Morgan fingerprint density at radius 3 is 2.94 bits per heavy atom. The van der Waals surface area contributed by atoms with Gasteiger partial charge in [-0.3, -0.25) is 0 Å². The molecule has 0 saturated heterocycles. The van der Waals surface area contributed by atoms with Crippen molar-refractivity contribution in [2.75, 3.05) is 0 Å². The summed E-state index contributed by atoms with van der Waals surface area (Å²) < 4.78 is 10.6. The lowest BCUT2D eigenvalue weighted by molar-refractivity contribution is 0.233. The second-order valence-electron chi connectivity index (χ2n) is 3.61. The second-order valence-corrected chi connectivity index (χ2v) is 4.02. The molecule has 0 aliphatic carbocycles. The lowest BCUT2D eigenvalue weighted by Gasteiger charge is -2.10. The van der Waals surface area contributed by atoms with Crippen LogP contribution in [0.15, 0.2) is 28.8 Å². The molecule has 5 heteroatoms. The molecule has 0 bridgehead atoms. The largest absolute Gasteiger partial charge is 0.484 e. The van der Waals surface area contributed by atoms with Crippen LogP contribution in [0.2, 0.25) is 5.02 Å². The van der Waals surface area contributed by atoms with Gasteiger partial charge in [0.2, 0.25) is 0 Å². The van der Waals surface area contributed by atoms with Crippen molar-refractivity contribution in [1.29, 1.82) is 0 Å². The molecule has 90 valence electrons. The lowest BCUT2D eigenvalue weighted by atomic mass is 10.2. The van der Waals surface area contributed by atoms with E-state index in [0.29, 0.717) is 22.1 Å². The molecule has 1 aromatic heterocycles. The minimum absolute atomic E-state index is 0.120. The Labute approximate surface area is 104 Å². The van der Waals surface area contributed by atoms with Gasteiger partial charge in [-0.15, -0.1) is 0 Å². The highest BCUT2D eigenvalue weighted by molar-refractivity contribution is 6.32. The number of halogens is 1. The number of aliphatic hydroxyl groups is 1. The molecule has 1 heterocycles. The highest BCUT2D eigenvalue weighted by Gasteiger charge is 2.09. The number of nitrogens with zero attached hydrogens (tertiary/aromatic N) is 1. The smallest absolute Gasteiger partial charge is 0.174 e. The molecule has 0 atom stereocenters. The number of aliphatic hydroxyl groups excluding tert-OH is 1. The molecule has 0 fully saturated rings. The van der Waals surface area contributed by atoms with Crippen molar-refractivity contribution in [1.82, 2.24) is 5.16 Å². The Morgan fingerprint density at radius 1 is 1.47 bits per heavy atom. The first-order valence-electron chi connectivity index (χ1n) is 5.14. The Bertz CT molecular complexity index is 510. The van der Waals surface area contributed by atoms with Crippen LogP contribution in [-0.4, -0.2) is 10.3 Å². The summed E-state index contributed by atoms with van der Waals surface area (Å²) in [5, 5.41) is 13.4. The quantitative estimate of drug-likeness (QED) is 0.910. The minimum atomic E-state index is -0.120. The predicted molar refractivity (Wildman–Crippen MR) is 62.9 cm³/mol. The molecule has 17 heavy (non-hydrogen) atoms. The SMILES string of the molecule is Cc1cc(COc2c(Cl)cccc2CO)on1. The number of ether oxygens (including phenoxy) is 1. The van der Waals surface area contributed by atoms with E-state index in [1.807, 2.05) is 6.92 Å². The number of benzene rings is 1. The van der Waals surface area contributed by atoms with Crippen molar-refractivity contribution in [3.8, 4) is 5.75 Å². The van der Waals surface area contributed by atoms with E-state index >= 15 is 0 Å². The van der Waals surface area contributed by atoms with Crippen LogP contribution in [0.5, 0.6) is 5.75 Å². The molecule has 4 nitrogen and oxygen atoms in total. The number of aryl methyl sites for hydroxylation is 1. The average Bonchev–Trinajstić information content (AvgIpc) is 2.73. The molecular weight excluding hydrogens is 242 g/mol. The van der Waals surface area contributed by atoms with E-state index in [1.165, 1.54) is 0 Å². The highest BCUT2D eigenvalue weighted by Crippen LogP contribution is 2.29. The molecule has 0 aliphatic rings. The monoisotopic (exact) mass is 253 g/mol. The molecule has 2 rings (SSSR count). The fourth-order valence-corrected chi connectivity index (χ4v) is 1.72. The van der Waals surface area contributed by atoms with Crippen LogP contribution in [0.25, 0.3) is 0 Å². The van der Waals surface area contributed by atoms with Gasteiger partial charge in [-0.25, -0.2) is 0 Å². The third kappa shape index (κ3) is 2.78. The summed E-state index contributed by atoms with van der Waals surface area (Å²) in [6.07, 6.45) is 0. The van der Waals surface area contributed by atoms with E-state index in [0.717, 1.165) is 5.69 Å². The summed E-state index contributed by atoms with van der Waals surface area (Å²) in [6.45, 7) is 1.95. The van der Waals surface area contributed by atoms with Crippen LogP contribution in [-0.2, 0) is 13.2 Å². The summed E-state index contributed by atoms with van der Waals surface area (Å²) in [5.41, 5.74) is 1.44. The maximum Gasteiger partial charge on any atom is 0.174 e. The Morgan fingerprint density at radius 2 is 2.29 bits per heavy atom. The molecule has 0 spiro atoms. The van der Waals surface area contributed by atoms with Crippen LogP contribution in [0, 0.1) is 6.92 Å². The van der Waals surface area contributed by atoms with Crippen molar-refractivity contribution >= 4 is 11.6 Å². The van der Waals surface area contributed by atoms with Crippen LogP contribution in [0.1, 0.15) is 17.0 Å². The molecule has 0 radical (unpaired) electrons. The van der Waals surface area contributed by atoms with E-state index < -0.39 is 0 Å². The first-order chi connectivity index (χ1) is 8.20. The normalized spacial score (nSPS) is 10.5. The van der Waals surface area contributed by atoms with E-state index in [9.17, 15) is 0 Å². The van der Waals surface area contributed by atoms with E-state index in [-0.39, 0.29) is 13.2 Å². The summed E-state index contributed by atoms with van der Waals surface area (Å²) in [5.74, 6) is 1.09. The number of aromatic nitrogens is 1. The van der Waals surface area contributed by atoms with E-state index in [4.69, 9.17) is 26.0 Å². The first-order valence-corrected chi connectivity index (χ1v) is 5.51. The zero-order chi connectivity index (χ0) is 12.3. The second kappa shape index (κ2) is 5.21. The lowest BCUT2D eigenvalue weighted by Crippen LogP contribution is -1.98. The third-order valence-electron chi connectivity index (χ3n) is 2.25. The molecule has 0 unspecified atom stereocenters. The van der Waals surface area contributed by atoms with Gasteiger partial charge in [0, 0.05) is 11.6 Å². The summed E-state index contributed by atoms with van der Waals surface area (Å²) >= 11 is 6.00. The molecule has 1 aromatic carbocycles. The summed E-state index contributed by atoms with van der Waals surface area (Å²) in [6, 6.07) is 7.02. The van der Waals surface area contributed by atoms with Crippen LogP contribution in [0.3, 0.4) is 0 Å². The minimum Gasteiger partial charge on any atom is -0.484 e. The number of hydrogen-bond acceptors (Lipinski definition) is 4. The van der Waals surface area contributed by atoms with Crippen molar-refractivity contribution in [3.05, 3.63) is 46.3 Å². The van der Waals surface area contributed by atoms with Crippen LogP contribution >= 0.6 is 11.6 Å². The molecule has 0 amide bonds. The Hall–Kier alpha value is -1.52. The van der Waals surface area contributed by atoms with Crippen molar-refractivity contribution < 1.29 is 14.4 Å². The first kappa shape index (κ1) is 12.0. The van der Waals surface area contributed by atoms with Crippen molar-refractivity contribution in [3.63, 3.8) is 0 Å². The van der Waals surface area contributed by atoms with Gasteiger partial charge in [-0.05, 0) is 13.0 Å². The maximum atomic E-state index is 9.17. The molecule has 0 aliphatic heterocycles. The summed E-state index contributed by atoms with van der Waals surface area (Å²) in [7, 11) is 0. The third-order valence-corrected chi connectivity index (χ3v) is 2.55. The van der Waals surface area contributed by atoms with Gasteiger partial charge in [-0.2, -0.15) is 0 Å².